The molecule has 5 nitrogen and oxygen atoms in total. The third-order valence-electron chi connectivity index (χ3n) is 5.86. The van der Waals surface area contributed by atoms with Gasteiger partial charge in [-0.2, -0.15) is 10.2 Å². The van der Waals surface area contributed by atoms with Gasteiger partial charge in [0, 0.05) is 35.8 Å². The fourth-order valence-corrected chi connectivity index (χ4v) is 3.88. The van der Waals surface area contributed by atoms with Crippen LogP contribution in [0.15, 0.2) is 48.7 Å². The summed E-state index contributed by atoms with van der Waals surface area (Å²) in [5, 5.41) is 22.9. The largest absolute Gasteiger partial charge is 0.390 e. The first kappa shape index (κ1) is 20.5. The van der Waals surface area contributed by atoms with Crippen molar-refractivity contribution < 1.29 is 13.9 Å². The minimum absolute atomic E-state index is 0.0159. The van der Waals surface area contributed by atoms with Crippen molar-refractivity contribution in [2.75, 3.05) is 23.3 Å². The second-order valence-corrected chi connectivity index (χ2v) is 8.28. The van der Waals surface area contributed by atoms with Crippen LogP contribution in [0.1, 0.15) is 50.3 Å². The number of halogens is 2. The van der Waals surface area contributed by atoms with Crippen LogP contribution in [0, 0.1) is 0 Å². The number of benzene rings is 2. The summed E-state index contributed by atoms with van der Waals surface area (Å²) < 4.78 is 26.1. The monoisotopic (exact) mass is 412 g/mol. The van der Waals surface area contributed by atoms with Crippen LogP contribution < -0.4 is 10.2 Å². The van der Waals surface area contributed by atoms with Gasteiger partial charge >= 0.3 is 0 Å². The Bertz CT molecular complexity index is 1030. The third-order valence-corrected chi connectivity index (χ3v) is 5.86. The fourth-order valence-electron chi connectivity index (χ4n) is 3.88. The van der Waals surface area contributed by atoms with E-state index in [1.807, 2.05) is 32.0 Å². The van der Waals surface area contributed by atoms with E-state index in [2.05, 4.69) is 26.5 Å². The average molecular weight is 412 g/mol. The average Bonchev–Trinajstić information content (AvgIpc) is 2.74. The van der Waals surface area contributed by atoms with Crippen molar-refractivity contribution in [3.63, 3.8) is 0 Å². The minimum Gasteiger partial charge on any atom is -0.390 e. The lowest BCUT2D eigenvalue weighted by Gasteiger charge is -2.37. The molecule has 2 aromatic carbocycles. The van der Waals surface area contributed by atoms with Crippen LogP contribution in [0.4, 0.5) is 20.2 Å². The molecule has 2 N–H and O–H groups in total. The van der Waals surface area contributed by atoms with Crippen LogP contribution in [-0.4, -0.2) is 34.0 Å². The number of aliphatic hydroxyl groups is 1. The van der Waals surface area contributed by atoms with E-state index >= 15 is 0 Å². The maximum absolute atomic E-state index is 13.1. The Morgan fingerprint density at radius 2 is 1.83 bits per heavy atom. The molecule has 2 heterocycles. The van der Waals surface area contributed by atoms with Crippen LogP contribution in [0.5, 0.6) is 0 Å². The highest BCUT2D eigenvalue weighted by atomic mass is 19.3. The fraction of sp³-hybridized carbons (Fsp3) is 0.391. The molecular weight excluding hydrogens is 386 g/mol. The molecule has 0 aliphatic carbocycles. The molecule has 0 amide bonds. The predicted octanol–water partition coefficient (Wildman–Crippen LogP) is 5.09. The van der Waals surface area contributed by atoms with Crippen LogP contribution in [0.25, 0.3) is 10.9 Å². The molecule has 1 saturated heterocycles. The van der Waals surface area contributed by atoms with Crippen molar-refractivity contribution in [1.82, 2.24) is 10.2 Å². The number of hydrogen-bond acceptors (Lipinski definition) is 5. The molecule has 3 aromatic rings. The first-order chi connectivity index (χ1) is 14.3. The van der Waals surface area contributed by atoms with Crippen molar-refractivity contribution in [3.8, 4) is 0 Å². The molecule has 0 unspecified atom stereocenters. The molecule has 1 aromatic heterocycles. The highest BCUT2D eigenvalue weighted by molar-refractivity contribution is 5.93. The lowest BCUT2D eigenvalue weighted by Crippen LogP contribution is -2.42. The number of nitrogens with one attached hydrogen (secondary N) is 1. The molecule has 0 saturated carbocycles. The summed E-state index contributed by atoms with van der Waals surface area (Å²) in [7, 11) is 0. The van der Waals surface area contributed by atoms with Gasteiger partial charge in [-0.15, -0.1) is 0 Å². The smallest absolute Gasteiger partial charge is 0.263 e. The zero-order valence-electron chi connectivity index (χ0n) is 17.1. The van der Waals surface area contributed by atoms with Crippen molar-refractivity contribution in [3.05, 3.63) is 59.8 Å². The molecule has 30 heavy (non-hydrogen) atoms. The van der Waals surface area contributed by atoms with E-state index in [9.17, 15) is 13.9 Å². The van der Waals surface area contributed by atoms with Crippen molar-refractivity contribution in [2.45, 2.75) is 44.8 Å². The third kappa shape index (κ3) is 4.36. The van der Waals surface area contributed by atoms with Gasteiger partial charge in [0.15, 0.2) is 0 Å². The first-order valence-corrected chi connectivity index (χ1v) is 10.2. The normalized spacial score (nSPS) is 17.3. The maximum atomic E-state index is 13.1. The molecule has 158 valence electrons. The van der Waals surface area contributed by atoms with E-state index in [1.165, 1.54) is 12.1 Å². The molecule has 1 atom stereocenters. The van der Waals surface area contributed by atoms with Gasteiger partial charge in [0.2, 0.25) is 0 Å². The van der Waals surface area contributed by atoms with E-state index in [0.29, 0.717) is 0 Å². The van der Waals surface area contributed by atoms with Gasteiger partial charge in [-0.05, 0) is 56.5 Å². The number of hydrogen-bond donors (Lipinski definition) is 2. The zero-order chi connectivity index (χ0) is 21.3. The van der Waals surface area contributed by atoms with Gasteiger partial charge in [0.25, 0.3) is 6.43 Å². The van der Waals surface area contributed by atoms with Gasteiger partial charge in [-0.1, -0.05) is 18.2 Å². The number of rotatable bonds is 5. The predicted molar refractivity (Wildman–Crippen MR) is 115 cm³/mol. The molecular formula is C23H26F2N4O. The summed E-state index contributed by atoms with van der Waals surface area (Å²) in [6, 6.07) is 12.3. The summed E-state index contributed by atoms with van der Waals surface area (Å²) >= 11 is 0. The first-order valence-electron chi connectivity index (χ1n) is 10.2. The zero-order valence-corrected chi connectivity index (χ0v) is 17.1. The quantitative estimate of drug-likeness (QED) is 0.611. The van der Waals surface area contributed by atoms with Gasteiger partial charge in [0.1, 0.15) is 0 Å². The van der Waals surface area contributed by atoms with Gasteiger partial charge in [-0.25, -0.2) is 8.78 Å². The number of anilines is 2. The van der Waals surface area contributed by atoms with Gasteiger partial charge in [-0.3, -0.25) is 0 Å². The van der Waals surface area contributed by atoms with E-state index in [-0.39, 0.29) is 11.6 Å². The maximum Gasteiger partial charge on any atom is 0.263 e. The van der Waals surface area contributed by atoms with Crippen LogP contribution in [0.2, 0.25) is 0 Å². The number of piperidine rings is 1. The Kier molecular flexibility index (Phi) is 5.56. The number of nitrogens with zero attached hydrogens (tertiary/aromatic N) is 3. The topological polar surface area (TPSA) is 61.3 Å². The Balaban J connectivity index is 1.60. The Labute approximate surface area is 174 Å². The van der Waals surface area contributed by atoms with Crippen molar-refractivity contribution in [1.29, 1.82) is 0 Å². The van der Waals surface area contributed by atoms with Gasteiger partial charge in [0.05, 0.1) is 23.0 Å². The van der Waals surface area contributed by atoms with Crippen LogP contribution in [0.3, 0.4) is 0 Å². The summed E-state index contributed by atoms with van der Waals surface area (Å²) in [4.78, 5) is 2.26. The number of alkyl halides is 2. The molecule has 7 heteroatoms. The molecule has 0 bridgehead atoms. The molecule has 1 aliphatic heterocycles. The van der Waals surface area contributed by atoms with E-state index in [1.54, 1.807) is 12.3 Å². The Morgan fingerprint density at radius 3 is 2.57 bits per heavy atom. The highest BCUT2D eigenvalue weighted by Gasteiger charge is 2.27. The van der Waals surface area contributed by atoms with Crippen molar-refractivity contribution in [2.24, 2.45) is 0 Å². The lowest BCUT2D eigenvalue weighted by atomic mass is 9.93. The summed E-state index contributed by atoms with van der Waals surface area (Å²) in [6.45, 7) is 5.40. The molecule has 0 radical (unpaired) electrons. The van der Waals surface area contributed by atoms with E-state index in [0.717, 1.165) is 53.8 Å². The summed E-state index contributed by atoms with van der Waals surface area (Å²) in [5.74, 6) is 0. The van der Waals surface area contributed by atoms with Crippen molar-refractivity contribution >= 4 is 22.3 Å². The standard InChI is InChI=1S/C23H26F2N4O/c1-15(16-4-3-5-17(12-16)22(24)25)27-21-14-26-28-20-7-6-18(13-19(20)21)29-10-8-23(2,30)9-11-29/h3-7,12-15,22,30H,8-11H2,1-2H3,(H,27,28)/t15-/m1/s1. The van der Waals surface area contributed by atoms with E-state index < -0.39 is 12.0 Å². The molecule has 0 spiro atoms. The SMILES string of the molecule is C[C@@H](Nc1cnnc2ccc(N3CCC(C)(O)CC3)cc12)c1cccc(C(F)F)c1. The molecule has 4 rings (SSSR count). The molecule has 1 fully saturated rings. The summed E-state index contributed by atoms with van der Waals surface area (Å²) in [5.41, 5.74) is 2.84. The van der Waals surface area contributed by atoms with Crippen LogP contribution >= 0.6 is 0 Å². The van der Waals surface area contributed by atoms with Gasteiger partial charge < -0.3 is 15.3 Å². The second-order valence-electron chi connectivity index (χ2n) is 8.28. The lowest BCUT2D eigenvalue weighted by molar-refractivity contribution is 0.0351. The summed E-state index contributed by atoms with van der Waals surface area (Å²) in [6.07, 6.45) is 0.624. The highest BCUT2D eigenvalue weighted by Crippen LogP contribution is 2.32. The minimum atomic E-state index is -2.49. The Hall–Kier alpha value is -2.80. The number of aromatic nitrogens is 2. The second kappa shape index (κ2) is 8.14. The van der Waals surface area contributed by atoms with E-state index in [4.69, 9.17) is 0 Å². The number of fused-ring (bicyclic) bond motifs is 1. The molecule has 1 aliphatic rings. The Morgan fingerprint density at radius 1 is 1.10 bits per heavy atom. The van der Waals surface area contributed by atoms with Crippen LogP contribution in [-0.2, 0) is 0 Å².